The van der Waals surface area contributed by atoms with Crippen LogP contribution in [0, 0.1) is 11.3 Å². The van der Waals surface area contributed by atoms with Gasteiger partial charge in [0.05, 0.1) is 6.07 Å². The average Bonchev–Trinajstić information content (AvgIpc) is 2.38. The Balaban J connectivity index is 2.66. The predicted octanol–water partition coefficient (Wildman–Crippen LogP) is 3.00. The molecule has 0 radical (unpaired) electrons. The molecule has 0 saturated carbocycles. The molecular formula is C16H21N3. The number of hydrogen-bond donors (Lipinski definition) is 0. The molecule has 1 rings (SSSR count). The van der Waals surface area contributed by atoms with Crippen LogP contribution in [0.4, 0.5) is 0 Å². The molecule has 0 N–H and O–H groups in total. The first-order valence-corrected chi connectivity index (χ1v) is 6.40. The summed E-state index contributed by atoms with van der Waals surface area (Å²) in [6, 6.07) is 10.6. The van der Waals surface area contributed by atoms with E-state index in [0.29, 0.717) is 5.92 Å². The van der Waals surface area contributed by atoms with Crippen LogP contribution in [0.25, 0.3) is 0 Å². The van der Waals surface area contributed by atoms with Crippen LogP contribution in [0.2, 0.25) is 0 Å². The zero-order chi connectivity index (χ0) is 14.1. The summed E-state index contributed by atoms with van der Waals surface area (Å²) in [4.78, 5) is 6.09. The van der Waals surface area contributed by atoms with Gasteiger partial charge in [-0.05, 0) is 37.2 Å². The molecule has 1 atom stereocenters. The lowest BCUT2D eigenvalue weighted by molar-refractivity contribution is 0.402. The molecule has 0 aromatic heterocycles. The maximum absolute atomic E-state index is 8.36. The van der Waals surface area contributed by atoms with E-state index in [4.69, 9.17) is 5.26 Å². The summed E-state index contributed by atoms with van der Waals surface area (Å²) in [7, 11) is 4.14. The first-order valence-electron chi connectivity index (χ1n) is 6.40. The molecule has 0 aliphatic rings. The Labute approximate surface area is 115 Å². The molecule has 19 heavy (non-hydrogen) atoms. The minimum atomic E-state index is 0.219. The molecule has 0 aliphatic carbocycles. The minimum Gasteiger partial charge on any atom is -0.305 e. The normalized spacial score (nSPS) is 13.2. The Morgan fingerprint density at radius 2 is 2.21 bits per heavy atom. The van der Waals surface area contributed by atoms with E-state index in [2.05, 4.69) is 61.3 Å². The Hall–Kier alpha value is -1.92. The van der Waals surface area contributed by atoms with Gasteiger partial charge in [-0.2, -0.15) is 5.26 Å². The Morgan fingerprint density at radius 1 is 1.42 bits per heavy atom. The summed E-state index contributed by atoms with van der Waals surface area (Å²) in [6.07, 6.45) is 5.68. The molecule has 1 unspecified atom stereocenters. The Morgan fingerprint density at radius 3 is 2.89 bits per heavy atom. The van der Waals surface area contributed by atoms with E-state index < -0.39 is 0 Å². The van der Waals surface area contributed by atoms with Crippen LogP contribution >= 0.6 is 0 Å². The lowest BCUT2D eigenvalue weighted by Gasteiger charge is -2.12. The highest BCUT2D eigenvalue weighted by atomic mass is 15.0. The number of benzene rings is 1. The van der Waals surface area contributed by atoms with Crippen molar-refractivity contribution in [1.29, 1.82) is 5.26 Å². The van der Waals surface area contributed by atoms with Gasteiger partial charge in [-0.1, -0.05) is 37.3 Å². The number of nitriles is 1. The van der Waals surface area contributed by atoms with Crippen LogP contribution in [0.15, 0.2) is 41.4 Å². The molecule has 0 amide bonds. The van der Waals surface area contributed by atoms with Crippen molar-refractivity contribution in [3.8, 4) is 6.07 Å². The van der Waals surface area contributed by atoms with Gasteiger partial charge in [0.15, 0.2) is 0 Å². The summed E-state index contributed by atoms with van der Waals surface area (Å²) >= 11 is 0. The molecule has 100 valence electrons. The van der Waals surface area contributed by atoms with Crippen molar-refractivity contribution in [2.75, 3.05) is 20.6 Å². The van der Waals surface area contributed by atoms with Gasteiger partial charge in [0, 0.05) is 12.8 Å². The number of nitrogens with zero attached hydrogens (tertiary/aromatic N) is 3. The maximum Gasteiger partial charge on any atom is 0.126 e. The van der Waals surface area contributed by atoms with Gasteiger partial charge in [0.2, 0.25) is 0 Å². The van der Waals surface area contributed by atoms with E-state index >= 15 is 0 Å². The smallest absolute Gasteiger partial charge is 0.126 e. The molecule has 1 aromatic rings. The average molecular weight is 255 g/mol. The van der Waals surface area contributed by atoms with Crippen molar-refractivity contribution in [2.45, 2.75) is 19.4 Å². The summed E-state index contributed by atoms with van der Waals surface area (Å²) in [5.74, 6) is 0.343. The van der Waals surface area contributed by atoms with Gasteiger partial charge < -0.3 is 4.90 Å². The first-order chi connectivity index (χ1) is 9.13. The third kappa shape index (κ3) is 5.98. The molecule has 3 nitrogen and oxygen atoms in total. The van der Waals surface area contributed by atoms with Crippen molar-refractivity contribution in [3.63, 3.8) is 0 Å². The SMILES string of the molecule is CC(/C=C\C=NCC#N)c1cccc(CN(C)C)c1. The van der Waals surface area contributed by atoms with Gasteiger partial charge in [0.1, 0.15) is 6.54 Å². The summed E-state index contributed by atoms with van der Waals surface area (Å²) < 4.78 is 0. The molecule has 0 fully saturated rings. The second-order valence-corrected chi connectivity index (χ2v) is 4.80. The number of aliphatic imine (C=N–C) groups is 1. The van der Waals surface area contributed by atoms with Crippen LogP contribution in [-0.4, -0.2) is 31.8 Å². The topological polar surface area (TPSA) is 39.4 Å². The highest BCUT2D eigenvalue weighted by molar-refractivity contribution is 5.71. The minimum absolute atomic E-state index is 0.219. The summed E-state index contributed by atoms with van der Waals surface area (Å²) in [5, 5.41) is 8.36. The first kappa shape index (κ1) is 15.1. The third-order valence-electron chi connectivity index (χ3n) is 2.73. The van der Waals surface area contributed by atoms with Crippen molar-refractivity contribution in [1.82, 2.24) is 4.90 Å². The molecule has 0 bridgehead atoms. The summed E-state index contributed by atoms with van der Waals surface area (Å²) in [6.45, 7) is 3.33. The second kappa shape index (κ2) is 8.23. The fraction of sp³-hybridized carbons (Fsp3) is 0.375. The molecule has 1 aromatic carbocycles. The van der Waals surface area contributed by atoms with Gasteiger partial charge in [0.25, 0.3) is 0 Å². The molecule has 0 aliphatic heterocycles. The van der Waals surface area contributed by atoms with Crippen molar-refractivity contribution < 1.29 is 0 Å². The van der Waals surface area contributed by atoms with Crippen LogP contribution in [0.3, 0.4) is 0 Å². The highest BCUT2D eigenvalue weighted by Gasteiger charge is 2.02. The largest absolute Gasteiger partial charge is 0.305 e. The second-order valence-electron chi connectivity index (χ2n) is 4.80. The van der Waals surface area contributed by atoms with Crippen molar-refractivity contribution in [2.24, 2.45) is 4.99 Å². The number of allylic oxidation sites excluding steroid dienone is 2. The summed E-state index contributed by atoms with van der Waals surface area (Å²) in [5.41, 5.74) is 2.62. The van der Waals surface area contributed by atoms with Gasteiger partial charge in [-0.25, -0.2) is 0 Å². The molecular weight excluding hydrogens is 234 g/mol. The van der Waals surface area contributed by atoms with Crippen LogP contribution in [0.1, 0.15) is 24.0 Å². The monoisotopic (exact) mass is 255 g/mol. The number of rotatable bonds is 6. The number of hydrogen-bond acceptors (Lipinski definition) is 3. The van der Waals surface area contributed by atoms with E-state index in [0.717, 1.165) is 6.54 Å². The fourth-order valence-electron chi connectivity index (χ4n) is 1.82. The lowest BCUT2D eigenvalue weighted by Crippen LogP contribution is -2.10. The Kier molecular flexibility index (Phi) is 6.56. The zero-order valence-electron chi connectivity index (χ0n) is 11.9. The molecule has 0 spiro atoms. The Bertz CT molecular complexity index is 481. The lowest BCUT2D eigenvalue weighted by atomic mass is 9.98. The van der Waals surface area contributed by atoms with E-state index in [1.165, 1.54) is 11.1 Å². The quantitative estimate of drug-likeness (QED) is 0.579. The standard InChI is InChI=1S/C16H21N3/c1-14(6-5-10-18-11-9-17)16-8-4-7-15(12-16)13-19(2)3/h4-8,10,12,14H,11,13H2,1-3H3/b6-5-,18-10?. The van der Waals surface area contributed by atoms with E-state index in [-0.39, 0.29) is 6.54 Å². The zero-order valence-corrected chi connectivity index (χ0v) is 11.9. The fourth-order valence-corrected chi connectivity index (χ4v) is 1.82. The molecule has 3 heteroatoms. The van der Waals surface area contributed by atoms with Gasteiger partial charge in [-0.3, -0.25) is 4.99 Å². The predicted molar refractivity (Wildman–Crippen MR) is 80.4 cm³/mol. The maximum atomic E-state index is 8.36. The van der Waals surface area contributed by atoms with E-state index in [1.54, 1.807) is 6.21 Å². The van der Waals surface area contributed by atoms with Gasteiger partial charge in [-0.15, -0.1) is 0 Å². The third-order valence-corrected chi connectivity index (χ3v) is 2.73. The van der Waals surface area contributed by atoms with Crippen molar-refractivity contribution >= 4 is 6.21 Å². The van der Waals surface area contributed by atoms with Crippen LogP contribution in [-0.2, 0) is 6.54 Å². The van der Waals surface area contributed by atoms with E-state index in [1.807, 2.05) is 12.1 Å². The molecule has 0 heterocycles. The van der Waals surface area contributed by atoms with Crippen molar-refractivity contribution in [3.05, 3.63) is 47.5 Å². The van der Waals surface area contributed by atoms with Crippen LogP contribution in [0.5, 0.6) is 0 Å². The molecule has 0 saturated heterocycles. The van der Waals surface area contributed by atoms with Gasteiger partial charge >= 0.3 is 0 Å². The van der Waals surface area contributed by atoms with Crippen LogP contribution < -0.4 is 0 Å². The van der Waals surface area contributed by atoms with E-state index in [9.17, 15) is 0 Å². The highest BCUT2D eigenvalue weighted by Crippen LogP contribution is 2.18.